The number of hydrogen-bond acceptors (Lipinski definition) is 10. The van der Waals surface area contributed by atoms with Crippen LogP contribution in [0.5, 0.6) is 17.2 Å². The number of benzene rings is 2. The quantitative estimate of drug-likeness (QED) is 0.154. The van der Waals surface area contributed by atoms with E-state index in [-0.39, 0.29) is 6.10 Å². The second-order valence-corrected chi connectivity index (χ2v) is 13.9. The van der Waals surface area contributed by atoms with E-state index in [2.05, 4.69) is 25.5 Å². The van der Waals surface area contributed by atoms with E-state index in [4.69, 9.17) is 35.5 Å². The lowest BCUT2D eigenvalue weighted by molar-refractivity contribution is -0.0722. The molecular formula is C35H34ClN5O5S. The Morgan fingerprint density at radius 1 is 1.09 bits per heavy atom. The lowest BCUT2D eigenvalue weighted by Crippen LogP contribution is -2.34. The Labute approximate surface area is 281 Å². The smallest absolute Gasteiger partial charge is 0.338 e. The molecule has 1 saturated heterocycles. The molecule has 47 heavy (non-hydrogen) atoms. The highest BCUT2D eigenvalue weighted by molar-refractivity contribution is 7.09. The van der Waals surface area contributed by atoms with E-state index in [1.54, 1.807) is 29.7 Å². The Kier molecular flexibility index (Phi) is 7.78. The number of fused-ring (bicyclic) bond motifs is 2. The minimum Gasteiger partial charge on any atom is -0.488 e. The van der Waals surface area contributed by atoms with Crippen LogP contribution >= 0.6 is 22.9 Å². The summed E-state index contributed by atoms with van der Waals surface area (Å²) in [5.74, 6) is 2.00. The number of para-hydroxylation sites is 1. The zero-order chi connectivity index (χ0) is 32.1. The fourth-order valence-electron chi connectivity index (χ4n) is 6.52. The summed E-state index contributed by atoms with van der Waals surface area (Å²) in [5.41, 5.74) is 5.76. The molecule has 5 heterocycles. The molecule has 2 fully saturated rings. The number of carbonyl (C=O) groups excluding carboxylic acids is 1. The van der Waals surface area contributed by atoms with Gasteiger partial charge in [0.1, 0.15) is 22.8 Å². The molecule has 1 saturated carbocycles. The van der Waals surface area contributed by atoms with Crippen molar-refractivity contribution in [2.45, 2.75) is 63.5 Å². The van der Waals surface area contributed by atoms with Crippen LogP contribution in [-0.2, 0) is 23.6 Å². The molecule has 0 spiro atoms. The average Bonchev–Trinajstić information content (AvgIpc) is 3.44. The first kappa shape index (κ1) is 30.2. The molecule has 0 unspecified atom stereocenters. The van der Waals surface area contributed by atoms with Crippen LogP contribution in [-0.4, -0.2) is 56.7 Å². The summed E-state index contributed by atoms with van der Waals surface area (Å²) in [6.45, 7) is 4.96. The van der Waals surface area contributed by atoms with Gasteiger partial charge in [-0.2, -0.15) is 0 Å². The van der Waals surface area contributed by atoms with Crippen LogP contribution in [0.3, 0.4) is 0 Å². The molecule has 242 valence electrons. The van der Waals surface area contributed by atoms with Crippen molar-refractivity contribution in [1.29, 1.82) is 0 Å². The Balaban J connectivity index is 1.04. The maximum Gasteiger partial charge on any atom is 0.338 e. The normalized spacial score (nSPS) is 19.7. The number of carbonyl (C=O) groups is 1. The summed E-state index contributed by atoms with van der Waals surface area (Å²) in [5, 5.41) is 0.567. The highest BCUT2D eigenvalue weighted by atomic mass is 35.5. The molecule has 3 aliphatic rings. The minimum atomic E-state index is -1.02. The molecule has 2 aromatic carbocycles. The zero-order valence-corrected chi connectivity index (χ0v) is 27.7. The molecule has 3 aromatic heterocycles. The number of likely N-dealkylation sites (tertiary alicyclic amines) is 1. The van der Waals surface area contributed by atoms with E-state index in [0.717, 1.165) is 77.6 Å². The van der Waals surface area contributed by atoms with E-state index in [1.807, 2.05) is 42.9 Å². The number of piperidine rings is 1. The van der Waals surface area contributed by atoms with Crippen molar-refractivity contribution < 1.29 is 23.7 Å². The summed E-state index contributed by atoms with van der Waals surface area (Å²) < 4.78 is 26.4. The van der Waals surface area contributed by atoms with E-state index >= 15 is 0 Å². The average molecular weight is 672 g/mol. The maximum atomic E-state index is 12.7. The predicted octanol–water partition coefficient (Wildman–Crippen LogP) is 6.94. The summed E-state index contributed by atoms with van der Waals surface area (Å²) in [4.78, 5) is 30.1. The fraction of sp³-hybridized carbons (Fsp3) is 0.371. The van der Waals surface area contributed by atoms with Crippen LogP contribution in [0.4, 0.5) is 0 Å². The van der Waals surface area contributed by atoms with Crippen LogP contribution in [0.15, 0.2) is 60.4 Å². The molecule has 2 aliphatic heterocycles. The number of hydrogen-bond donors (Lipinski definition) is 0. The Bertz CT molecular complexity index is 1940. The van der Waals surface area contributed by atoms with Gasteiger partial charge < -0.3 is 23.5 Å². The number of aromatic nitrogens is 4. The molecule has 10 nitrogen and oxygen atoms in total. The van der Waals surface area contributed by atoms with Gasteiger partial charge in [0, 0.05) is 29.8 Å². The number of methoxy groups -OCH3 is 1. The van der Waals surface area contributed by atoms with Crippen LogP contribution in [0, 0.1) is 0 Å². The molecule has 0 radical (unpaired) electrons. The second-order valence-electron chi connectivity index (χ2n) is 12.5. The molecule has 8 rings (SSSR count). The molecule has 1 atom stereocenters. The topological polar surface area (TPSA) is 101 Å². The first-order valence-electron chi connectivity index (χ1n) is 15.9. The standard InChI is InChI=1S/C35H34ClN5O5S/c1-35(30-9-6-23(36)16-38-30)45-28-5-3-4-26(33(28)46-35)21-10-12-40(13-11-21)19-31-39-32-27(41(31)18-25-17-37-20-47-25)14-22(34(42)43-2)15-29(32)44-24-7-8-24/h3-6,9,14-17,20-21,24H,7-8,10-13,18-19H2,1-2H3/t35-/m1/s1. The van der Waals surface area contributed by atoms with E-state index in [9.17, 15) is 4.79 Å². The van der Waals surface area contributed by atoms with Crippen molar-refractivity contribution in [3.05, 3.63) is 92.9 Å². The van der Waals surface area contributed by atoms with Gasteiger partial charge in [0.25, 0.3) is 5.79 Å². The first-order valence-corrected chi connectivity index (χ1v) is 17.1. The largest absolute Gasteiger partial charge is 0.488 e. The van der Waals surface area contributed by atoms with Gasteiger partial charge in [-0.15, -0.1) is 11.3 Å². The van der Waals surface area contributed by atoms with Crippen molar-refractivity contribution in [2.24, 2.45) is 0 Å². The Morgan fingerprint density at radius 3 is 2.66 bits per heavy atom. The summed E-state index contributed by atoms with van der Waals surface area (Å²) in [7, 11) is 1.40. The molecule has 5 aromatic rings. The van der Waals surface area contributed by atoms with Crippen molar-refractivity contribution >= 4 is 39.9 Å². The van der Waals surface area contributed by atoms with Crippen molar-refractivity contribution in [2.75, 3.05) is 20.2 Å². The van der Waals surface area contributed by atoms with Gasteiger partial charge in [0.15, 0.2) is 11.5 Å². The number of ether oxygens (including phenoxy) is 4. The Hall–Kier alpha value is -4.19. The van der Waals surface area contributed by atoms with Gasteiger partial charge in [-0.05, 0) is 75.0 Å². The number of halogens is 1. The third kappa shape index (κ3) is 5.92. The molecule has 0 amide bonds. The molecule has 0 bridgehead atoms. The SMILES string of the molecule is COC(=O)c1cc(OC2CC2)c2nc(CN3CCC(c4cccc5c4O[C@](C)(c4ccc(Cl)cn4)O5)CC3)n(Cc3cncs3)c2c1. The monoisotopic (exact) mass is 671 g/mol. The third-order valence-electron chi connectivity index (χ3n) is 9.13. The third-order valence-corrected chi connectivity index (χ3v) is 10.1. The van der Waals surface area contributed by atoms with Crippen LogP contribution in [0.1, 0.15) is 70.8 Å². The van der Waals surface area contributed by atoms with E-state index < -0.39 is 11.8 Å². The zero-order valence-electron chi connectivity index (χ0n) is 26.1. The van der Waals surface area contributed by atoms with Crippen LogP contribution < -0.4 is 14.2 Å². The molecular weight excluding hydrogens is 638 g/mol. The van der Waals surface area contributed by atoms with Gasteiger partial charge in [-0.1, -0.05) is 23.7 Å². The number of thiazole rings is 1. The van der Waals surface area contributed by atoms with Gasteiger partial charge in [-0.3, -0.25) is 14.9 Å². The summed E-state index contributed by atoms with van der Waals surface area (Å²) >= 11 is 7.68. The molecule has 1 aliphatic carbocycles. The molecule has 12 heteroatoms. The van der Waals surface area contributed by atoms with E-state index in [0.29, 0.717) is 41.0 Å². The van der Waals surface area contributed by atoms with Crippen LogP contribution in [0.2, 0.25) is 5.02 Å². The number of esters is 1. The highest BCUT2D eigenvalue weighted by Crippen LogP contribution is 2.49. The van der Waals surface area contributed by atoms with Gasteiger partial charge in [0.05, 0.1) is 47.9 Å². The number of imidazole rings is 1. The van der Waals surface area contributed by atoms with Crippen molar-refractivity contribution in [1.82, 2.24) is 24.4 Å². The maximum absolute atomic E-state index is 12.7. The van der Waals surface area contributed by atoms with Crippen LogP contribution in [0.25, 0.3) is 11.0 Å². The van der Waals surface area contributed by atoms with Crippen molar-refractivity contribution in [3.8, 4) is 17.2 Å². The van der Waals surface area contributed by atoms with Gasteiger partial charge in [-0.25, -0.2) is 9.78 Å². The fourth-order valence-corrected chi connectivity index (χ4v) is 7.22. The summed E-state index contributed by atoms with van der Waals surface area (Å²) in [6, 6.07) is 13.4. The minimum absolute atomic E-state index is 0.161. The lowest BCUT2D eigenvalue weighted by atomic mass is 9.88. The highest BCUT2D eigenvalue weighted by Gasteiger charge is 2.42. The number of nitrogens with zero attached hydrogens (tertiary/aromatic N) is 5. The van der Waals surface area contributed by atoms with Gasteiger partial charge in [0.2, 0.25) is 0 Å². The lowest BCUT2D eigenvalue weighted by Gasteiger charge is -2.32. The number of pyridine rings is 1. The second kappa shape index (κ2) is 12.1. The summed E-state index contributed by atoms with van der Waals surface area (Å²) in [6.07, 6.45) is 7.60. The van der Waals surface area contributed by atoms with Gasteiger partial charge >= 0.3 is 5.97 Å². The molecule has 0 N–H and O–H groups in total. The first-order chi connectivity index (χ1) is 22.9. The van der Waals surface area contributed by atoms with E-state index in [1.165, 1.54) is 7.11 Å². The Morgan fingerprint density at radius 2 is 1.94 bits per heavy atom. The van der Waals surface area contributed by atoms with Crippen molar-refractivity contribution in [3.63, 3.8) is 0 Å². The number of rotatable bonds is 9. The predicted molar refractivity (Wildman–Crippen MR) is 177 cm³/mol.